The van der Waals surface area contributed by atoms with Gasteiger partial charge in [0.25, 0.3) is 30.4 Å². The summed E-state index contributed by atoms with van der Waals surface area (Å²) in [6.07, 6.45) is 0. The number of phenols is 1. The van der Waals surface area contributed by atoms with Crippen molar-refractivity contribution < 1.29 is 44.0 Å². The number of hydrogen-bond acceptors (Lipinski definition) is 10. The van der Waals surface area contributed by atoms with Gasteiger partial charge in [0.1, 0.15) is 26.1 Å². The van der Waals surface area contributed by atoms with Gasteiger partial charge >= 0.3 is 0 Å². The monoisotopic (exact) mass is 583 g/mol. The normalized spacial score (nSPS) is 12.6. The molecule has 5 N–H and O–H groups in total. The van der Waals surface area contributed by atoms with Gasteiger partial charge in [-0.15, -0.1) is 10.2 Å². The molecule has 0 aromatic heterocycles. The van der Waals surface area contributed by atoms with Crippen LogP contribution in [0.3, 0.4) is 0 Å². The minimum Gasteiger partial charge on any atom is -0.505 e. The van der Waals surface area contributed by atoms with Crippen molar-refractivity contribution in [3.05, 3.63) is 54.6 Å². The fourth-order valence-electron chi connectivity index (χ4n) is 3.77. The van der Waals surface area contributed by atoms with Crippen molar-refractivity contribution in [2.75, 3.05) is 12.4 Å². The average Bonchev–Trinajstić information content (AvgIpc) is 2.80. The minimum absolute atomic E-state index is 0. The molecule has 4 aromatic rings. The van der Waals surface area contributed by atoms with E-state index in [1.807, 2.05) is 0 Å². The first kappa shape index (κ1) is 28.9. The smallest absolute Gasteiger partial charge is 0.297 e. The predicted molar refractivity (Wildman–Crippen MR) is 139 cm³/mol. The molecule has 0 atom stereocenters. The topological polar surface area (TPSA) is 220 Å². The van der Waals surface area contributed by atoms with Gasteiger partial charge in [0.05, 0.1) is 0 Å². The van der Waals surface area contributed by atoms with Gasteiger partial charge in [-0.1, -0.05) is 25.6 Å². The average molecular weight is 584 g/mol. The van der Waals surface area contributed by atoms with E-state index in [1.54, 1.807) is 13.1 Å². The molecule has 0 saturated heterocycles. The highest BCUT2D eigenvalue weighted by Crippen LogP contribution is 2.43. The number of hydrogen-bond donors (Lipinski definition) is 5. The maximum Gasteiger partial charge on any atom is 0.297 e. The van der Waals surface area contributed by atoms with E-state index in [0.29, 0.717) is 5.69 Å². The van der Waals surface area contributed by atoms with E-state index in [1.165, 1.54) is 12.1 Å². The Morgan fingerprint density at radius 2 is 1.34 bits per heavy atom. The van der Waals surface area contributed by atoms with Crippen LogP contribution in [0.1, 0.15) is 7.43 Å². The Balaban J connectivity index is 0.00000400. The number of phenolic OH excluding ortho intramolecular Hbond substituents is 1. The van der Waals surface area contributed by atoms with Gasteiger partial charge < -0.3 is 10.4 Å². The van der Waals surface area contributed by atoms with Crippen LogP contribution in [0.5, 0.6) is 5.75 Å². The summed E-state index contributed by atoms with van der Waals surface area (Å²) in [5.41, 5.74) is -0.713. The summed E-state index contributed by atoms with van der Waals surface area (Å²) in [6.45, 7) is 0. The maximum absolute atomic E-state index is 12.2. The van der Waals surface area contributed by atoms with Crippen molar-refractivity contribution in [2.24, 2.45) is 10.2 Å². The second kappa shape index (κ2) is 9.90. The van der Waals surface area contributed by atoms with Crippen LogP contribution in [0.2, 0.25) is 0 Å². The summed E-state index contributed by atoms with van der Waals surface area (Å²) in [4.78, 5) is -2.37. The number of nitrogens with zero attached hydrogens (tertiary/aromatic N) is 2. The zero-order chi connectivity index (χ0) is 27.3. The molecule has 0 spiro atoms. The highest BCUT2D eigenvalue weighted by molar-refractivity contribution is 7.86. The quantitative estimate of drug-likeness (QED) is 0.157. The van der Waals surface area contributed by atoms with Gasteiger partial charge in [-0.2, -0.15) is 25.3 Å². The first-order valence-electron chi connectivity index (χ1n) is 10.0. The van der Waals surface area contributed by atoms with Gasteiger partial charge in [-0.05, 0) is 41.8 Å². The van der Waals surface area contributed by atoms with E-state index in [-0.39, 0.29) is 29.0 Å². The number of anilines is 1. The first-order chi connectivity index (χ1) is 17.1. The Labute approximate surface area is 217 Å². The molecule has 0 aliphatic heterocycles. The highest BCUT2D eigenvalue weighted by Gasteiger charge is 2.25. The van der Waals surface area contributed by atoms with Gasteiger partial charge in [-0.25, -0.2) is 0 Å². The molecule has 0 aliphatic rings. The third-order valence-corrected chi connectivity index (χ3v) is 8.09. The number of rotatable bonds is 6. The number of fused-ring (bicyclic) bond motifs is 2. The van der Waals surface area contributed by atoms with Gasteiger partial charge in [-0.3, -0.25) is 13.7 Å². The Hall–Kier alpha value is -3.67. The largest absolute Gasteiger partial charge is 0.505 e. The van der Waals surface area contributed by atoms with Crippen molar-refractivity contribution >= 4 is 69.0 Å². The molecule has 202 valence electrons. The molecule has 0 aliphatic carbocycles. The zero-order valence-electron chi connectivity index (χ0n) is 18.6. The SMILES string of the molecule is C.CNc1ccc2c(O)c(N=Nc3ccc4c(S(=O)(=O)O)cccc4c3S(=O)(=O)O)c(S(=O)(=O)O)cc2c1. The Kier molecular flexibility index (Phi) is 7.53. The number of aromatic hydroxyl groups is 1. The zero-order valence-corrected chi connectivity index (χ0v) is 21.0. The van der Waals surface area contributed by atoms with Gasteiger partial charge in [0.15, 0.2) is 5.75 Å². The van der Waals surface area contributed by atoms with E-state index in [0.717, 1.165) is 36.4 Å². The number of nitrogens with one attached hydrogen (secondary N) is 1. The van der Waals surface area contributed by atoms with Crippen molar-refractivity contribution in [1.82, 2.24) is 0 Å². The van der Waals surface area contributed by atoms with Crippen molar-refractivity contribution in [3.63, 3.8) is 0 Å². The van der Waals surface area contributed by atoms with Crippen LogP contribution in [-0.2, 0) is 30.4 Å². The molecule has 0 bridgehead atoms. The van der Waals surface area contributed by atoms with Crippen LogP contribution < -0.4 is 5.32 Å². The molecule has 0 amide bonds. The van der Waals surface area contributed by atoms with Gasteiger partial charge in [0, 0.05) is 28.9 Å². The summed E-state index contributed by atoms with van der Waals surface area (Å²) < 4.78 is 101. The van der Waals surface area contributed by atoms with Crippen LogP contribution >= 0.6 is 0 Å². The third-order valence-electron chi connectivity index (χ3n) is 5.36. The van der Waals surface area contributed by atoms with Crippen molar-refractivity contribution in [3.8, 4) is 5.75 Å². The van der Waals surface area contributed by atoms with E-state index >= 15 is 0 Å². The Bertz CT molecular complexity index is 1950. The molecular formula is C22H21N3O10S3. The molecule has 0 radical (unpaired) electrons. The molecule has 0 unspecified atom stereocenters. The highest BCUT2D eigenvalue weighted by atomic mass is 32.2. The summed E-state index contributed by atoms with van der Waals surface area (Å²) >= 11 is 0. The molecule has 13 nitrogen and oxygen atoms in total. The Morgan fingerprint density at radius 3 is 1.92 bits per heavy atom. The van der Waals surface area contributed by atoms with Crippen molar-refractivity contribution in [2.45, 2.75) is 22.1 Å². The lowest BCUT2D eigenvalue weighted by molar-refractivity contribution is 0.472. The van der Waals surface area contributed by atoms with Crippen LogP contribution in [0.25, 0.3) is 21.5 Å². The van der Waals surface area contributed by atoms with E-state index in [2.05, 4.69) is 15.5 Å². The lowest BCUT2D eigenvalue weighted by Gasteiger charge is -2.11. The number of azo groups is 1. The second-order valence-electron chi connectivity index (χ2n) is 7.65. The number of benzene rings is 4. The molecule has 38 heavy (non-hydrogen) atoms. The van der Waals surface area contributed by atoms with E-state index in [4.69, 9.17) is 0 Å². The molecule has 4 rings (SSSR count). The molecule has 4 aromatic carbocycles. The maximum atomic E-state index is 12.2. The first-order valence-corrected chi connectivity index (χ1v) is 14.3. The van der Waals surface area contributed by atoms with E-state index < -0.39 is 62.2 Å². The van der Waals surface area contributed by atoms with Crippen LogP contribution in [0, 0.1) is 0 Å². The lowest BCUT2D eigenvalue weighted by Crippen LogP contribution is -2.03. The van der Waals surface area contributed by atoms with Crippen LogP contribution in [0.4, 0.5) is 17.1 Å². The van der Waals surface area contributed by atoms with E-state index in [9.17, 15) is 44.0 Å². The minimum atomic E-state index is -5.09. The summed E-state index contributed by atoms with van der Waals surface area (Å²) in [7, 11) is -13.2. The standard InChI is InChI=1S/C21H17N3O10S3.CH4/c1-22-12-5-6-13-11(9-12)10-18(36(29,30)31)19(20(13)25)24-23-16-8-7-14-15(21(16)37(32,33)34)3-2-4-17(14)35(26,27)28;/h2-10,22,25H,1H3,(H,26,27,28)(H,29,30,31)(H,32,33,34);1H4. The summed E-state index contributed by atoms with van der Waals surface area (Å²) in [5.74, 6) is -0.695. The predicted octanol–water partition coefficient (Wildman–Crippen LogP) is 4.53. The molecule has 0 fully saturated rings. The molecule has 0 heterocycles. The van der Waals surface area contributed by atoms with Gasteiger partial charge in [0.2, 0.25) is 0 Å². The molecule has 0 saturated carbocycles. The van der Waals surface area contributed by atoms with Crippen LogP contribution in [-0.4, -0.2) is 51.1 Å². The van der Waals surface area contributed by atoms with Crippen LogP contribution in [0.15, 0.2) is 79.5 Å². The lowest BCUT2D eigenvalue weighted by atomic mass is 10.1. The summed E-state index contributed by atoms with van der Waals surface area (Å²) in [5, 5.41) is 20.7. The fraction of sp³-hybridized carbons (Fsp3) is 0.0909. The second-order valence-corrected chi connectivity index (χ2v) is 11.8. The summed E-state index contributed by atoms with van der Waals surface area (Å²) in [6, 6.07) is 10.9. The third kappa shape index (κ3) is 5.31. The molecule has 16 heteroatoms. The fourth-order valence-corrected chi connectivity index (χ4v) is 5.96. The van der Waals surface area contributed by atoms with Crippen molar-refractivity contribution in [1.29, 1.82) is 0 Å². The Morgan fingerprint density at radius 1 is 0.711 bits per heavy atom. The molecular weight excluding hydrogens is 562 g/mol.